The summed E-state index contributed by atoms with van der Waals surface area (Å²) in [5, 5.41) is 0. The quantitative estimate of drug-likeness (QED) is 0.710. The van der Waals surface area contributed by atoms with E-state index in [1.54, 1.807) is 0 Å². The maximum absolute atomic E-state index is 11.8. The highest BCUT2D eigenvalue weighted by atomic mass is 16.2. The first-order valence-corrected chi connectivity index (χ1v) is 5.90. The Kier molecular flexibility index (Phi) is 3.19. The molecule has 2 nitrogen and oxygen atoms in total. The molecule has 1 aromatic carbocycles. The lowest BCUT2D eigenvalue weighted by atomic mass is 10.1. The van der Waals surface area contributed by atoms with Gasteiger partial charge in [0, 0.05) is 25.4 Å². The van der Waals surface area contributed by atoms with Crippen molar-refractivity contribution in [1.82, 2.24) is 4.90 Å². The highest BCUT2D eigenvalue weighted by Gasteiger charge is 2.28. The van der Waals surface area contributed by atoms with Crippen molar-refractivity contribution in [3.8, 4) is 12.3 Å². The van der Waals surface area contributed by atoms with Gasteiger partial charge in [-0.05, 0) is 25.0 Å². The van der Waals surface area contributed by atoms with Gasteiger partial charge in [0.05, 0.1) is 0 Å². The van der Waals surface area contributed by atoms with Gasteiger partial charge in [-0.25, -0.2) is 0 Å². The number of hydrogen-bond donors (Lipinski definition) is 0. The SMILES string of the molecule is C#CC1CC(=O)N(Cc2ccc(C)cc2C)C1. The Morgan fingerprint density at radius 2 is 2.24 bits per heavy atom. The van der Waals surface area contributed by atoms with Crippen molar-refractivity contribution in [2.24, 2.45) is 5.92 Å². The highest BCUT2D eigenvalue weighted by Crippen LogP contribution is 2.21. The molecule has 1 fully saturated rings. The predicted molar refractivity (Wildman–Crippen MR) is 68.3 cm³/mol. The number of aryl methyl sites for hydroxylation is 2. The summed E-state index contributed by atoms with van der Waals surface area (Å²) in [5.74, 6) is 2.94. The van der Waals surface area contributed by atoms with Gasteiger partial charge in [-0.2, -0.15) is 0 Å². The predicted octanol–water partition coefficient (Wildman–Crippen LogP) is 2.29. The topological polar surface area (TPSA) is 20.3 Å². The van der Waals surface area contributed by atoms with Crippen LogP contribution in [0.25, 0.3) is 0 Å². The molecule has 1 aliphatic heterocycles. The van der Waals surface area contributed by atoms with E-state index in [0.29, 0.717) is 19.5 Å². The van der Waals surface area contributed by atoms with Gasteiger partial charge in [0.1, 0.15) is 0 Å². The summed E-state index contributed by atoms with van der Waals surface area (Å²) in [6, 6.07) is 6.33. The molecule has 88 valence electrons. The van der Waals surface area contributed by atoms with Crippen LogP contribution in [-0.2, 0) is 11.3 Å². The Labute approximate surface area is 103 Å². The Morgan fingerprint density at radius 1 is 1.47 bits per heavy atom. The van der Waals surface area contributed by atoms with Crippen LogP contribution in [0.2, 0.25) is 0 Å². The van der Waals surface area contributed by atoms with E-state index in [4.69, 9.17) is 6.42 Å². The molecule has 0 saturated carbocycles. The lowest BCUT2D eigenvalue weighted by Gasteiger charge is -2.17. The van der Waals surface area contributed by atoms with E-state index >= 15 is 0 Å². The number of carbonyl (C=O) groups excluding carboxylic acids is 1. The summed E-state index contributed by atoms with van der Waals surface area (Å²) in [4.78, 5) is 13.6. The third kappa shape index (κ3) is 2.50. The summed E-state index contributed by atoms with van der Waals surface area (Å²) in [6.07, 6.45) is 5.87. The molecule has 0 aliphatic carbocycles. The average molecular weight is 227 g/mol. The molecule has 0 aromatic heterocycles. The molecule has 0 bridgehead atoms. The summed E-state index contributed by atoms with van der Waals surface area (Å²) < 4.78 is 0. The molecule has 1 aromatic rings. The highest BCUT2D eigenvalue weighted by molar-refractivity contribution is 5.79. The van der Waals surface area contributed by atoms with Crippen molar-refractivity contribution in [2.75, 3.05) is 6.54 Å². The fourth-order valence-electron chi connectivity index (χ4n) is 2.27. The third-order valence-corrected chi connectivity index (χ3v) is 3.31. The lowest BCUT2D eigenvalue weighted by molar-refractivity contribution is -0.128. The molecule has 1 atom stereocenters. The first-order chi connectivity index (χ1) is 8.10. The van der Waals surface area contributed by atoms with Crippen molar-refractivity contribution < 1.29 is 4.79 Å². The van der Waals surface area contributed by atoms with Crippen LogP contribution in [0.1, 0.15) is 23.1 Å². The van der Waals surface area contributed by atoms with E-state index in [1.165, 1.54) is 16.7 Å². The van der Waals surface area contributed by atoms with Crippen molar-refractivity contribution in [3.05, 3.63) is 34.9 Å². The van der Waals surface area contributed by atoms with Crippen LogP contribution in [0.3, 0.4) is 0 Å². The maximum Gasteiger partial charge on any atom is 0.224 e. The Hall–Kier alpha value is -1.75. The summed E-state index contributed by atoms with van der Waals surface area (Å²) >= 11 is 0. The number of nitrogens with zero attached hydrogens (tertiary/aromatic N) is 1. The normalized spacial score (nSPS) is 19.5. The van der Waals surface area contributed by atoms with Crippen LogP contribution in [0.15, 0.2) is 18.2 Å². The number of amides is 1. The van der Waals surface area contributed by atoms with Crippen LogP contribution in [-0.4, -0.2) is 17.4 Å². The number of carbonyl (C=O) groups is 1. The second kappa shape index (κ2) is 4.63. The zero-order chi connectivity index (χ0) is 12.4. The van der Waals surface area contributed by atoms with Crippen LogP contribution in [0.5, 0.6) is 0 Å². The van der Waals surface area contributed by atoms with Crippen molar-refractivity contribution in [1.29, 1.82) is 0 Å². The van der Waals surface area contributed by atoms with Gasteiger partial charge in [0.2, 0.25) is 5.91 Å². The summed E-state index contributed by atoms with van der Waals surface area (Å²) in [6.45, 7) is 5.54. The first kappa shape index (κ1) is 11.7. The molecule has 2 heteroatoms. The summed E-state index contributed by atoms with van der Waals surface area (Å²) in [5.41, 5.74) is 3.70. The molecule has 2 rings (SSSR count). The summed E-state index contributed by atoms with van der Waals surface area (Å²) in [7, 11) is 0. The van der Waals surface area contributed by atoms with E-state index < -0.39 is 0 Å². The van der Waals surface area contributed by atoms with Gasteiger partial charge < -0.3 is 4.90 Å². The Bertz CT molecular complexity index is 484. The van der Waals surface area contributed by atoms with Crippen LogP contribution >= 0.6 is 0 Å². The van der Waals surface area contributed by atoms with Gasteiger partial charge in [-0.15, -0.1) is 12.3 Å². The second-order valence-corrected chi connectivity index (χ2v) is 4.77. The number of rotatable bonds is 2. The monoisotopic (exact) mass is 227 g/mol. The van der Waals surface area contributed by atoms with E-state index in [2.05, 4.69) is 38.0 Å². The van der Waals surface area contributed by atoms with Gasteiger partial charge in [0.25, 0.3) is 0 Å². The Morgan fingerprint density at radius 3 is 2.82 bits per heavy atom. The largest absolute Gasteiger partial charge is 0.337 e. The molecule has 0 N–H and O–H groups in total. The van der Waals surface area contributed by atoms with Crippen LogP contribution in [0.4, 0.5) is 0 Å². The zero-order valence-corrected chi connectivity index (χ0v) is 10.4. The molecule has 1 saturated heterocycles. The van der Waals surface area contributed by atoms with Crippen LogP contribution in [0, 0.1) is 32.1 Å². The molecule has 1 aliphatic rings. The third-order valence-electron chi connectivity index (χ3n) is 3.31. The van der Waals surface area contributed by atoms with E-state index in [-0.39, 0.29) is 11.8 Å². The zero-order valence-electron chi connectivity index (χ0n) is 10.4. The Balaban J connectivity index is 2.12. The minimum Gasteiger partial charge on any atom is -0.337 e. The van der Waals surface area contributed by atoms with E-state index in [1.807, 2.05) is 4.90 Å². The maximum atomic E-state index is 11.8. The van der Waals surface area contributed by atoms with Crippen molar-refractivity contribution >= 4 is 5.91 Å². The molecule has 0 radical (unpaired) electrons. The molecule has 1 amide bonds. The van der Waals surface area contributed by atoms with Gasteiger partial charge in [-0.3, -0.25) is 4.79 Å². The van der Waals surface area contributed by atoms with Crippen LogP contribution < -0.4 is 0 Å². The van der Waals surface area contributed by atoms with E-state index in [9.17, 15) is 4.79 Å². The van der Waals surface area contributed by atoms with Gasteiger partial charge >= 0.3 is 0 Å². The molecule has 1 heterocycles. The number of terminal acetylenes is 1. The standard InChI is InChI=1S/C15H17NO/c1-4-13-8-15(17)16(9-13)10-14-6-5-11(2)7-12(14)3/h1,5-7,13H,8-10H2,2-3H3. The number of benzene rings is 1. The molecule has 17 heavy (non-hydrogen) atoms. The first-order valence-electron chi connectivity index (χ1n) is 5.90. The van der Waals surface area contributed by atoms with Crippen molar-refractivity contribution in [2.45, 2.75) is 26.8 Å². The minimum absolute atomic E-state index is 0.0910. The lowest BCUT2D eigenvalue weighted by Crippen LogP contribution is -2.24. The number of hydrogen-bond acceptors (Lipinski definition) is 1. The molecule has 1 unspecified atom stereocenters. The van der Waals surface area contributed by atoms with E-state index in [0.717, 1.165) is 0 Å². The molecular formula is C15H17NO. The fraction of sp³-hybridized carbons (Fsp3) is 0.400. The second-order valence-electron chi connectivity index (χ2n) is 4.77. The molecular weight excluding hydrogens is 210 g/mol. The smallest absolute Gasteiger partial charge is 0.224 e. The van der Waals surface area contributed by atoms with Crippen molar-refractivity contribution in [3.63, 3.8) is 0 Å². The van der Waals surface area contributed by atoms with Gasteiger partial charge in [0.15, 0.2) is 0 Å². The molecule has 0 spiro atoms. The van der Waals surface area contributed by atoms with Gasteiger partial charge in [-0.1, -0.05) is 23.8 Å². The number of likely N-dealkylation sites (tertiary alicyclic amines) is 1. The minimum atomic E-state index is 0.0910. The fourth-order valence-corrected chi connectivity index (χ4v) is 2.27. The average Bonchev–Trinajstić information content (AvgIpc) is 2.64.